The number of hydrogen-bond donors (Lipinski definition) is 2. The molecule has 4 aromatic rings. The minimum absolute atomic E-state index is 0.0998. The first-order valence-corrected chi connectivity index (χ1v) is 12.1. The summed E-state index contributed by atoms with van der Waals surface area (Å²) in [6, 6.07) is 26.0. The van der Waals surface area contributed by atoms with Gasteiger partial charge in [0, 0.05) is 17.2 Å². The zero-order chi connectivity index (χ0) is 24.9. The molecular weight excluding hydrogens is 452 g/mol. The van der Waals surface area contributed by atoms with Gasteiger partial charge in [-0.1, -0.05) is 48.5 Å². The number of carbonyl (C=O) groups excluding carboxylic acids is 1. The van der Waals surface area contributed by atoms with Crippen LogP contribution in [0, 0.1) is 0 Å². The van der Waals surface area contributed by atoms with Gasteiger partial charge in [-0.3, -0.25) is 14.7 Å². The van der Waals surface area contributed by atoms with E-state index in [1.54, 1.807) is 24.3 Å². The average Bonchev–Trinajstić information content (AvgIpc) is 3.26. The Morgan fingerprint density at radius 3 is 2.19 bits per heavy atom. The number of nitrogens with one attached hydrogen (secondary N) is 2. The Hall–Kier alpha value is -4.30. The van der Waals surface area contributed by atoms with Crippen molar-refractivity contribution in [2.24, 2.45) is 10.2 Å². The minimum Gasteiger partial charge on any atom is -0.349 e. The lowest BCUT2D eigenvalue weighted by Gasteiger charge is -2.29. The Kier molecular flexibility index (Phi) is 6.86. The third-order valence-electron chi connectivity index (χ3n) is 6.39. The highest BCUT2D eigenvalue weighted by atomic mass is 16.2. The highest BCUT2D eigenvalue weighted by molar-refractivity contribution is 5.94. The van der Waals surface area contributed by atoms with Crippen LogP contribution in [-0.4, -0.2) is 46.8 Å². The Morgan fingerprint density at radius 1 is 0.889 bits per heavy atom. The van der Waals surface area contributed by atoms with Crippen LogP contribution in [0.2, 0.25) is 0 Å². The van der Waals surface area contributed by atoms with Gasteiger partial charge in [0.25, 0.3) is 11.5 Å². The van der Waals surface area contributed by atoms with Gasteiger partial charge >= 0.3 is 0 Å². The molecule has 1 aliphatic rings. The van der Waals surface area contributed by atoms with Crippen molar-refractivity contribution in [3.8, 4) is 16.9 Å². The maximum absolute atomic E-state index is 13.4. The van der Waals surface area contributed by atoms with E-state index in [0.717, 1.165) is 31.5 Å². The largest absolute Gasteiger partial charge is 0.349 e. The van der Waals surface area contributed by atoms with E-state index >= 15 is 0 Å². The van der Waals surface area contributed by atoms with E-state index in [0.29, 0.717) is 22.6 Å². The Balaban J connectivity index is 1.43. The van der Waals surface area contributed by atoms with Crippen molar-refractivity contribution in [3.63, 3.8) is 0 Å². The second kappa shape index (κ2) is 10.5. The van der Waals surface area contributed by atoms with E-state index in [9.17, 15) is 9.59 Å². The van der Waals surface area contributed by atoms with Crippen LogP contribution in [0.4, 0.5) is 11.4 Å². The molecule has 2 heterocycles. The molecule has 2 N–H and O–H groups in total. The van der Waals surface area contributed by atoms with Gasteiger partial charge in [-0.2, -0.15) is 5.11 Å². The highest BCUT2D eigenvalue weighted by Gasteiger charge is 2.20. The standard InChI is InChI=1S/C28H28N6O2/c1-33-18-16-22(17-19-33)29-27(35)21-12-14-24(15-13-21)34-28(36)26(31-30-23-10-6-3-7-11-23)25(32-34)20-8-4-2-5-9-20/h2-15,22,32H,16-19H2,1H3,(H,29,35). The number of aromatic amines is 1. The van der Waals surface area contributed by atoms with Crippen LogP contribution in [0.15, 0.2) is 100.0 Å². The molecule has 3 aromatic carbocycles. The van der Waals surface area contributed by atoms with Crippen molar-refractivity contribution in [2.45, 2.75) is 18.9 Å². The van der Waals surface area contributed by atoms with Gasteiger partial charge in [0.1, 0.15) is 0 Å². The maximum Gasteiger partial charge on any atom is 0.299 e. The van der Waals surface area contributed by atoms with Gasteiger partial charge in [0.15, 0.2) is 5.69 Å². The highest BCUT2D eigenvalue weighted by Crippen LogP contribution is 2.28. The van der Waals surface area contributed by atoms with Gasteiger partial charge in [-0.05, 0) is 69.4 Å². The van der Waals surface area contributed by atoms with Crippen molar-refractivity contribution < 1.29 is 4.79 Å². The first-order valence-electron chi connectivity index (χ1n) is 12.1. The van der Waals surface area contributed by atoms with Gasteiger partial charge in [0.2, 0.25) is 0 Å². The number of amides is 1. The molecule has 0 spiro atoms. The summed E-state index contributed by atoms with van der Waals surface area (Å²) in [6.45, 7) is 1.96. The molecule has 8 nitrogen and oxygen atoms in total. The number of carbonyl (C=O) groups is 1. The molecule has 1 amide bonds. The van der Waals surface area contributed by atoms with Crippen molar-refractivity contribution in [2.75, 3.05) is 20.1 Å². The molecule has 0 radical (unpaired) electrons. The normalized spacial score (nSPS) is 14.8. The van der Waals surface area contributed by atoms with E-state index in [4.69, 9.17) is 0 Å². The number of hydrogen-bond acceptors (Lipinski definition) is 5. The number of azo groups is 1. The summed E-state index contributed by atoms with van der Waals surface area (Å²) in [7, 11) is 2.09. The van der Waals surface area contributed by atoms with Crippen LogP contribution in [0.5, 0.6) is 0 Å². The molecule has 182 valence electrons. The summed E-state index contributed by atoms with van der Waals surface area (Å²) in [5, 5.41) is 14.9. The summed E-state index contributed by atoms with van der Waals surface area (Å²) < 4.78 is 1.43. The Bertz CT molecular complexity index is 1400. The van der Waals surface area contributed by atoms with Gasteiger partial charge < -0.3 is 10.2 Å². The second-order valence-corrected chi connectivity index (χ2v) is 8.98. The lowest BCUT2D eigenvalue weighted by atomic mass is 10.0. The van der Waals surface area contributed by atoms with Gasteiger partial charge in [-0.25, -0.2) is 4.68 Å². The zero-order valence-electron chi connectivity index (χ0n) is 20.1. The van der Waals surface area contributed by atoms with E-state index in [2.05, 4.69) is 32.6 Å². The van der Waals surface area contributed by atoms with Crippen molar-refractivity contribution in [1.29, 1.82) is 0 Å². The first kappa shape index (κ1) is 23.4. The van der Waals surface area contributed by atoms with E-state index in [1.807, 2.05) is 60.7 Å². The summed E-state index contributed by atoms with van der Waals surface area (Å²) in [6.07, 6.45) is 1.89. The zero-order valence-corrected chi connectivity index (χ0v) is 20.1. The number of aromatic nitrogens is 2. The van der Waals surface area contributed by atoms with Gasteiger partial charge in [0.05, 0.1) is 17.1 Å². The molecule has 1 saturated heterocycles. The molecule has 1 aliphatic heterocycles. The van der Waals surface area contributed by atoms with Crippen LogP contribution >= 0.6 is 0 Å². The molecule has 1 fully saturated rings. The van der Waals surface area contributed by atoms with Gasteiger partial charge in [-0.15, -0.1) is 5.11 Å². The predicted octanol–water partition coefficient (Wildman–Crippen LogP) is 5.07. The summed E-state index contributed by atoms with van der Waals surface area (Å²) >= 11 is 0. The van der Waals surface area contributed by atoms with Crippen LogP contribution in [-0.2, 0) is 0 Å². The quantitative estimate of drug-likeness (QED) is 0.377. The lowest BCUT2D eigenvalue weighted by molar-refractivity contribution is 0.0917. The number of likely N-dealkylation sites (tertiary alicyclic amines) is 1. The first-order chi connectivity index (χ1) is 17.6. The van der Waals surface area contributed by atoms with Crippen molar-refractivity contribution in [3.05, 3.63) is 101 Å². The molecule has 0 bridgehead atoms. The molecule has 0 unspecified atom stereocenters. The number of H-pyrrole nitrogens is 1. The molecular formula is C28H28N6O2. The van der Waals surface area contributed by atoms with Crippen molar-refractivity contribution >= 4 is 17.3 Å². The fourth-order valence-corrected chi connectivity index (χ4v) is 4.29. The molecule has 0 saturated carbocycles. The topological polar surface area (TPSA) is 94.8 Å². The smallest absolute Gasteiger partial charge is 0.299 e. The van der Waals surface area contributed by atoms with Crippen LogP contribution in [0.1, 0.15) is 23.2 Å². The van der Waals surface area contributed by atoms with Crippen LogP contribution in [0.25, 0.3) is 16.9 Å². The summed E-state index contributed by atoms with van der Waals surface area (Å²) in [5.41, 5.74) is 3.11. The summed E-state index contributed by atoms with van der Waals surface area (Å²) in [5.74, 6) is -0.0998. The maximum atomic E-state index is 13.4. The average molecular weight is 481 g/mol. The van der Waals surface area contributed by atoms with Crippen LogP contribution < -0.4 is 10.9 Å². The lowest BCUT2D eigenvalue weighted by Crippen LogP contribution is -2.43. The number of nitrogens with zero attached hydrogens (tertiary/aromatic N) is 4. The fourth-order valence-electron chi connectivity index (χ4n) is 4.29. The molecule has 36 heavy (non-hydrogen) atoms. The Morgan fingerprint density at radius 2 is 1.53 bits per heavy atom. The third-order valence-corrected chi connectivity index (χ3v) is 6.39. The number of piperidine rings is 1. The van der Waals surface area contributed by atoms with E-state index in [1.165, 1.54) is 4.68 Å². The number of rotatable bonds is 6. The molecule has 8 heteroatoms. The molecule has 0 atom stereocenters. The fraction of sp³-hybridized carbons (Fsp3) is 0.214. The third kappa shape index (κ3) is 5.18. The monoisotopic (exact) mass is 480 g/mol. The predicted molar refractivity (Wildman–Crippen MR) is 140 cm³/mol. The second-order valence-electron chi connectivity index (χ2n) is 8.98. The van der Waals surface area contributed by atoms with Crippen LogP contribution in [0.3, 0.4) is 0 Å². The van der Waals surface area contributed by atoms with Crippen molar-refractivity contribution in [1.82, 2.24) is 20.0 Å². The molecule has 1 aromatic heterocycles. The Labute approximate surface area is 209 Å². The van der Waals surface area contributed by atoms with E-state index in [-0.39, 0.29) is 23.2 Å². The molecule has 0 aliphatic carbocycles. The van der Waals surface area contributed by atoms with E-state index < -0.39 is 0 Å². The molecule has 5 rings (SSSR count). The SMILES string of the molecule is CN1CCC(NC(=O)c2ccc(-n3[nH]c(-c4ccccc4)c(N=Nc4ccccc4)c3=O)cc2)CC1. The minimum atomic E-state index is -0.322. The summed E-state index contributed by atoms with van der Waals surface area (Å²) in [4.78, 5) is 28.4. The number of benzene rings is 3.